The second kappa shape index (κ2) is 7.88. The van der Waals surface area contributed by atoms with Crippen molar-refractivity contribution < 1.29 is 4.74 Å². The highest BCUT2D eigenvalue weighted by atomic mass is 32.2. The molecule has 0 fully saturated rings. The minimum atomic E-state index is 0.585. The minimum Gasteiger partial charge on any atom is -0.438 e. The number of rotatable bonds is 7. The summed E-state index contributed by atoms with van der Waals surface area (Å²) in [5.41, 5.74) is 0. The number of ether oxygens (including phenoxy) is 1. The molecule has 0 aliphatic carbocycles. The van der Waals surface area contributed by atoms with Crippen LogP contribution in [0.1, 0.15) is 26.1 Å². The van der Waals surface area contributed by atoms with Gasteiger partial charge >= 0.3 is 0 Å². The highest BCUT2D eigenvalue weighted by molar-refractivity contribution is 7.98. The van der Waals surface area contributed by atoms with Crippen LogP contribution in [0.4, 0.5) is 5.82 Å². The number of benzene rings is 1. The zero-order valence-corrected chi connectivity index (χ0v) is 13.5. The van der Waals surface area contributed by atoms with Crippen molar-refractivity contribution >= 4 is 17.6 Å². The van der Waals surface area contributed by atoms with E-state index >= 15 is 0 Å². The van der Waals surface area contributed by atoms with Crippen LogP contribution in [0.2, 0.25) is 0 Å². The van der Waals surface area contributed by atoms with Gasteiger partial charge in [-0.2, -0.15) is 4.98 Å². The van der Waals surface area contributed by atoms with E-state index in [2.05, 4.69) is 22.2 Å². The van der Waals surface area contributed by atoms with E-state index in [0.717, 1.165) is 41.7 Å². The molecule has 1 aromatic heterocycles. The number of hydrogen-bond donors (Lipinski definition) is 1. The first-order chi connectivity index (χ1) is 10.3. The molecule has 4 nitrogen and oxygen atoms in total. The first-order valence-electron chi connectivity index (χ1n) is 7.19. The molecule has 0 aliphatic rings. The lowest BCUT2D eigenvalue weighted by atomic mass is 10.3. The lowest BCUT2D eigenvalue weighted by Gasteiger charge is -2.11. The van der Waals surface area contributed by atoms with Gasteiger partial charge in [-0.1, -0.05) is 26.0 Å². The Kier molecular flexibility index (Phi) is 5.87. The molecule has 0 spiro atoms. The Hall–Kier alpha value is -1.75. The normalized spacial score (nSPS) is 10.4. The highest BCUT2D eigenvalue weighted by Crippen LogP contribution is 2.31. The van der Waals surface area contributed by atoms with Gasteiger partial charge in [-0.15, -0.1) is 11.8 Å². The standard InChI is InChI=1S/C16H21N3OS/c1-4-10-17-15-11-16(19-14(5-2)18-15)20-12-8-6-7-9-13(12)21-3/h6-9,11H,4-5,10H2,1-3H3,(H,17,18,19). The van der Waals surface area contributed by atoms with E-state index in [0.29, 0.717) is 5.88 Å². The third-order valence-corrected chi connectivity index (χ3v) is 3.68. The van der Waals surface area contributed by atoms with E-state index in [9.17, 15) is 0 Å². The molecule has 0 amide bonds. The van der Waals surface area contributed by atoms with Gasteiger partial charge in [0.15, 0.2) is 0 Å². The number of aromatic nitrogens is 2. The molecule has 1 N–H and O–H groups in total. The Labute approximate surface area is 130 Å². The second-order valence-electron chi connectivity index (χ2n) is 4.54. The van der Waals surface area contributed by atoms with Crippen molar-refractivity contribution in [1.82, 2.24) is 9.97 Å². The molecule has 1 aromatic carbocycles. The molecule has 2 rings (SSSR count). The number of hydrogen-bond acceptors (Lipinski definition) is 5. The molecule has 0 saturated heterocycles. The summed E-state index contributed by atoms with van der Waals surface area (Å²) < 4.78 is 5.95. The van der Waals surface area contributed by atoms with Crippen molar-refractivity contribution in [3.8, 4) is 11.6 Å². The highest BCUT2D eigenvalue weighted by Gasteiger charge is 2.08. The van der Waals surface area contributed by atoms with Gasteiger partial charge in [-0.3, -0.25) is 0 Å². The Morgan fingerprint density at radius 1 is 1.19 bits per heavy atom. The maximum absolute atomic E-state index is 5.95. The summed E-state index contributed by atoms with van der Waals surface area (Å²) in [7, 11) is 0. The van der Waals surface area contributed by atoms with E-state index in [1.165, 1.54) is 0 Å². The van der Waals surface area contributed by atoms with Crippen LogP contribution in [0.3, 0.4) is 0 Å². The molecule has 0 bridgehead atoms. The molecule has 0 radical (unpaired) electrons. The summed E-state index contributed by atoms with van der Waals surface area (Å²) in [5, 5.41) is 3.29. The Morgan fingerprint density at radius 2 is 2.00 bits per heavy atom. The van der Waals surface area contributed by atoms with Crippen LogP contribution in [0, 0.1) is 0 Å². The summed E-state index contributed by atoms with van der Waals surface area (Å²) in [6, 6.07) is 9.82. The van der Waals surface area contributed by atoms with Crippen LogP contribution in [0.15, 0.2) is 35.2 Å². The van der Waals surface area contributed by atoms with Crippen molar-refractivity contribution in [2.45, 2.75) is 31.6 Å². The Balaban J connectivity index is 2.25. The third-order valence-electron chi connectivity index (χ3n) is 2.90. The van der Waals surface area contributed by atoms with Crippen molar-refractivity contribution in [2.75, 3.05) is 18.1 Å². The topological polar surface area (TPSA) is 47.0 Å². The van der Waals surface area contributed by atoms with Gasteiger partial charge in [-0.05, 0) is 24.8 Å². The van der Waals surface area contributed by atoms with Gasteiger partial charge in [-0.25, -0.2) is 4.98 Å². The van der Waals surface area contributed by atoms with Crippen LogP contribution in [-0.2, 0) is 6.42 Å². The van der Waals surface area contributed by atoms with E-state index in [1.54, 1.807) is 11.8 Å². The summed E-state index contributed by atoms with van der Waals surface area (Å²) in [4.78, 5) is 10.0. The van der Waals surface area contributed by atoms with Gasteiger partial charge in [0.25, 0.3) is 0 Å². The number of nitrogens with one attached hydrogen (secondary N) is 1. The van der Waals surface area contributed by atoms with Crippen LogP contribution >= 0.6 is 11.8 Å². The first-order valence-corrected chi connectivity index (χ1v) is 8.42. The summed E-state index contributed by atoms with van der Waals surface area (Å²) in [5.74, 6) is 3.02. The van der Waals surface area contributed by atoms with Gasteiger partial charge in [0.1, 0.15) is 17.4 Å². The van der Waals surface area contributed by atoms with Crippen LogP contribution in [0.25, 0.3) is 0 Å². The molecule has 0 unspecified atom stereocenters. The maximum Gasteiger partial charge on any atom is 0.224 e. The zero-order valence-electron chi connectivity index (χ0n) is 12.7. The molecule has 5 heteroatoms. The summed E-state index contributed by atoms with van der Waals surface area (Å²) >= 11 is 1.66. The van der Waals surface area contributed by atoms with Crippen molar-refractivity contribution in [2.24, 2.45) is 0 Å². The summed E-state index contributed by atoms with van der Waals surface area (Å²) in [6.45, 7) is 5.06. The SMILES string of the molecule is CCCNc1cc(Oc2ccccc2SC)nc(CC)n1. The van der Waals surface area contributed by atoms with E-state index in [1.807, 2.05) is 43.5 Å². The molecule has 0 aliphatic heterocycles. The molecule has 1 heterocycles. The molecule has 2 aromatic rings. The second-order valence-corrected chi connectivity index (χ2v) is 5.39. The van der Waals surface area contributed by atoms with Crippen LogP contribution in [0.5, 0.6) is 11.6 Å². The zero-order chi connectivity index (χ0) is 15.1. The van der Waals surface area contributed by atoms with E-state index < -0.39 is 0 Å². The maximum atomic E-state index is 5.95. The quantitative estimate of drug-likeness (QED) is 0.769. The molecule has 21 heavy (non-hydrogen) atoms. The average molecular weight is 303 g/mol. The predicted octanol–water partition coefficient (Wildman–Crippen LogP) is 4.38. The van der Waals surface area contributed by atoms with E-state index in [-0.39, 0.29) is 0 Å². The fraction of sp³-hybridized carbons (Fsp3) is 0.375. The van der Waals surface area contributed by atoms with Crippen LogP contribution < -0.4 is 10.1 Å². The molecule has 112 valence electrons. The van der Waals surface area contributed by atoms with Gasteiger partial charge < -0.3 is 10.1 Å². The molecular weight excluding hydrogens is 282 g/mol. The molecular formula is C16H21N3OS. The lowest BCUT2D eigenvalue weighted by Crippen LogP contribution is -2.05. The number of nitrogens with zero attached hydrogens (tertiary/aromatic N) is 2. The summed E-state index contributed by atoms with van der Waals surface area (Å²) in [6.07, 6.45) is 3.87. The largest absolute Gasteiger partial charge is 0.438 e. The van der Waals surface area contributed by atoms with Crippen molar-refractivity contribution in [3.63, 3.8) is 0 Å². The third kappa shape index (κ3) is 4.36. The van der Waals surface area contributed by atoms with Crippen molar-refractivity contribution in [1.29, 1.82) is 0 Å². The monoisotopic (exact) mass is 303 g/mol. The lowest BCUT2D eigenvalue weighted by molar-refractivity contribution is 0.449. The Morgan fingerprint density at radius 3 is 2.71 bits per heavy atom. The smallest absolute Gasteiger partial charge is 0.224 e. The average Bonchev–Trinajstić information content (AvgIpc) is 2.53. The number of anilines is 1. The number of thioether (sulfide) groups is 1. The molecule has 0 atom stereocenters. The number of aryl methyl sites for hydroxylation is 1. The number of para-hydroxylation sites is 1. The van der Waals surface area contributed by atoms with Gasteiger partial charge in [0, 0.05) is 23.9 Å². The minimum absolute atomic E-state index is 0.585. The fourth-order valence-electron chi connectivity index (χ4n) is 1.84. The fourth-order valence-corrected chi connectivity index (χ4v) is 2.37. The van der Waals surface area contributed by atoms with Gasteiger partial charge in [0.2, 0.25) is 5.88 Å². The molecule has 0 saturated carbocycles. The van der Waals surface area contributed by atoms with E-state index in [4.69, 9.17) is 4.74 Å². The first kappa shape index (κ1) is 15.6. The Bertz CT molecular complexity index is 589. The van der Waals surface area contributed by atoms with Gasteiger partial charge in [0.05, 0.1) is 0 Å². The van der Waals surface area contributed by atoms with Crippen molar-refractivity contribution in [3.05, 3.63) is 36.2 Å². The predicted molar refractivity (Wildman–Crippen MR) is 88.5 cm³/mol. The van der Waals surface area contributed by atoms with Crippen LogP contribution in [-0.4, -0.2) is 22.8 Å².